The van der Waals surface area contributed by atoms with Crippen molar-refractivity contribution in [2.75, 3.05) is 5.32 Å². The zero-order valence-corrected chi connectivity index (χ0v) is 13.2. The maximum absolute atomic E-state index is 12.8. The largest absolute Gasteiger partial charge is 0.435 e. The Balaban J connectivity index is 1.83. The third kappa shape index (κ3) is 6.17. The van der Waals surface area contributed by atoms with E-state index in [1.165, 1.54) is 61.7 Å². The van der Waals surface area contributed by atoms with Crippen LogP contribution >= 0.6 is 0 Å². The first-order valence-electron chi connectivity index (χ1n) is 7.24. The number of rotatable bonds is 7. The summed E-state index contributed by atoms with van der Waals surface area (Å²) in [5.74, 6) is -0.832. The number of carbonyl (C=O) groups excluding carboxylic acids is 1. The molecule has 0 aliphatic heterocycles. The molecule has 5 nitrogen and oxygen atoms in total. The van der Waals surface area contributed by atoms with Gasteiger partial charge < -0.3 is 14.9 Å². The Hall–Kier alpha value is -3.03. The number of carbonyl (C=O) groups is 1. The van der Waals surface area contributed by atoms with Crippen LogP contribution in [0.1, 0.15) is 12.5 Å². The van der Waals surface area contributed by atoms with E-state index in [0.29, 0.717) is 11.3 Å². The van der Waals surface area contributed by atoms with Crippen LogP contribution in [0.25, 0.3) is 0 Å². The van der Waals surface area contributed by atoms with Gasteiger partial charge in [-0.05, 0) is 61.0 Å². The highest BCUT2D eigenvalue weighted by Gasteiger charge is 2.14. The van der Waals surface area contributed by atoms with Gasteiger partial charge in [-0.3, -0.25) is 4.79 Å². The average Bonchev–Trinajstić information content (AvgIpc) is 2.58. The predicted octanol–water partition coefficient (Wildman–Crippen LogP) is 3.80. The normalized spacial score (nSPS) is 12.2. The van der Waals surface area contributed by atoms with Crippen molar-refractivity contribution >= 4 is 17.8 Å². The number of ether oxygens (including phenoxy) is 1. The second-order valence-electron chi connectivity index (χ2n) is 4.93. The predicted molar refractivity (Wildman–Crippen MR) is 86.2 cm³/mol. The summed E-state index contributed by atoms with van der Waals surface area (Å²) in [7, 11) is 0. The van der Waals surface area contributed by atoms with Crippen LogP contribution in [-0.4, -0.2) is 24.8 Å². The molecule has 1 atom stereocenters. The molecular weight excluding hydrogens is 337 g/mol. The fourth-order valence-corrected chi connectivity index (χ4v) is 1.74. The van der Waals surface area contributed by atoms with Gasteiger partial charge in [-0.25, -0.2) is 4.39 Å². The van der Waals surface area contributed by atoms with Gasteiger partial charge in [0.1, 0.15) is 11.6 Å². The van der Waals surface area contributed by atoms with E-state index in [9.17, 15) is 18.0 Å². The number of oxime groups is 1. The zero-order valence-electron chi connectivity index (χ0n) is 13.2. The number of nitrogens with zero attached hydrogens (tertiary/aromatic N) is 1. The van der Waals surface area contributed by atoms with Crippen LogP contribution in [0.2, 0.25) is 0 Å². The molecule has 2 rings (SSSR count). The van der Waals surface area contributed by atoms with Gasteiger partial charge in [0.15, 0.2) is 0 Å². The molecule has 0 heterocycles. The minimum atomic E-state index is -2.89. The third-order valence-electron chi connectivity index (χ3n) is 3.01. The van der Waals surface area contributed by atoms with Crippen LogP contribution < -0.4 is 10.1 Å². The van der Waals surface area contributed by atoms with Crippen molar-refractivity contribution < 1.29 is 27.5 Å². The van der Waals surface area contributed by atoms with Crippen molar-refractivity contribution in [3.05, 3.63) is 59.9 Å². The SMILES string of the molecule is CC(O/N=C/c1ccc(OC(F)F)cc1)C(=O)Nc1ccc(F)cc1. The van der Waals surface area contributed by atoms with E-state index in [4.69, 9.17) is 4.84 Å². The topological polar surface area (TPSA) is 59.9 Å². The molecule has 0 saturated carbocycles. The molecule has 0 saturated heterocycles. The Morgan fingerprint density at radius 3 is 2.36 bits per heavy atom. The van der Waals surface area contributed by atoms with Gasteiger partial charge in [-0.1, -0.05) is 5.16 Å². The summed E-state index contributed by atoms with van der Waals surface area (Å²) in [4.78, 5) is 16.9. The van der Waals surface area contributed by atoms with E-state index in [1.54, 1.807) is 0 Å². The van der Waals surface area contributed by atoms with Gasteiger partial charge in [0.25, 0.3) is 5.91 Å². The van der Waals surface area contributed by atoms with Gasteiger partial charge in [0.05, 0.1) is 6.21 Å². The lowest BCUT2D eigenvalue weighted by atomic mass is 10.2. The second kappa shape index (κ2) is 8.72. The minimum absolute atomic E-state index is 0.0279. The van der Waals surface area contributed by atoms with E-state index < -0.39 is 24.4 Å². The summed E-state index contributed by atoms with van der Waals surface area (Å²) in [5, 5.41) is 6.23. The summed E-state index contributed by atoms with van der Waals surface area (Å²) in [5.41, 5.74) is 1.01. The monoisotopic (exact) mass is 352 g/mol. The van der Waals surface area contributed by atoms with Crippen LogP contribution in [0, 0.1) is 5.82 Å². The highest BCUT2D eigenvalue weighted by atomic mass is 19.3. The smallest absolute Gasteiger partial charge is 0.387 e. The summed E-state index contributed by atoms with van der Waals surface area (Å²) < 4.78 is 41.1. The molecule has 0 spiro atoms. The molecule has 0 fully saturated rings. The standard InChI is InChI=1S/C17H15F3N2O3/c1-11(16(23)22-14-6-4-13(18)5-7-14)25-21-10-12-2-8-15(9-3-12)24-17(19)20/h2-11,17H,1H3,(H,22,23)/b21-10+. The molecule has 1 amide bonds. The highest BCUT2D eigenvalue weighted by molar-refractivity contribution is 5.93. The van der Waals surface area contributed by atoms with Crippen LogP contribution in [0.5, 0.6) is 5.75 Å². The number of benzene rings is 2. The number of hydrogen-bond acceptors (Lipinski definition) is 4. The molecule has 25 heavy (non-hydrogen) atoms. The molecule has 0 aromatic heterocycles. The molecule has 8 heteroatoms. The third-order valence-corrected chi connectivity index (χ3v) is 3.01. The molecular formula is C17H15F3N2O3. The summed E-state index contributed by atoms with van der Waals surface area (Å²) in [6, 6.07) is 11.0. The Bertz CT molecular complexity index is 719. The molecule has 0 bridgehead atoms. The van der Waals surface area contributed by atoms with Crippen LogP contribution in [0.3, 0.4) is 0 Å². The quantitative estimate of drug-likeness (QED) is 0.609. The molecule has 2 aromatic carbocycles. The Kier molecular flexibility index (Phi) is 6.39. The van der Waals surface area contributed by atoms with Crippen molar-refractivity contribution in [3.63, 3.8) is 0 Å². The second-order valence-corrected chi connectivity index (χ2v) is 4.93. The summed E-state index contributed by atoms with van der Waals surface area (Å²) >= 11 is 0. The molecule has 0 aliphatic rings. The van der Waals surface area contributed by atoms with Crippen LogP contribution in [0.4, 0.5) is 18.9 Å². The highest BCUT2D eigenvalue weighted by Crippen LogP contribution is 2.14. The van der Waals surface area contributed by atoms with Crippen molar-refractivity contribution in [2.24, 2.45) is 5.16 Å². The molecule has 1 N–H and O–H groups in total. The number of alkyl halides is 2. The lowest BCUT2D eigenvalue weighted by Crippen LogP contribution is -2.26. The number of hydrogen-bond donors (Lipinski definition) is 1. The Morgan fingerprint density at radius 2 is 1.76 bits per heavy atom. The van der Waals surface area contributed by atoms with Crippen molar-refractivity contribution in [3.8, 4) is 5.75 Å². The minimum Gasteiger partial charge on any atom is -0.435 e. The molecule has 1 unspecified atom stereocenters. The first-order chi connectivity index (χ1) is 11.9. The maximum Gasteiger partial charge on any atom is 0.387 e. The lowest BCUT2D eigenvalue weighted by Gasteiger charge is -2.10. The van der Waals surface area contributed by atoms with E-state index in [1.807, 2.05) is 0 Å². The van der Waals surface area contributed by atoms with Gasteiger partial charge in [0, 0.05) is 5.69 Å². The first kappa shape index (κ1) is 18.3. The van der Waals surface area contributed by atoms with Crippen molar-refractivity contribution in [1.82, 2.24) is 0 Å². The molecule has 2 aromatic rings. The molecule has 0 radical (unpaired) electrons. The first-order valence-corrected chi connectivity index (χ1v) is 7.24. The number of anilines is 1. The van der Waals surface area contributed by atoms with Gasteiger partial charge in [-0.15, -0.1) is 0 Å². The average molecular weight is 352 g/mol. The summed E-state index contributed by atoms with van der Waals surface area (Å²) in [6.07, 6.45) is 0.441. The van der Waals surface area contributed by atoms with E-state index in [0.717, 1.165) is 0 Å². The number of amides is 1. The lowest BCUT2D eigenvalue weighted by molar-refractivity contribution is -0.126. The Labute approximate surface area is 142 Å². The van der Waals surface area contributed by atoms with Gasteiger partial charge in [0.2, 0.25) is 6.10 Å². The van der Waals surface area contributed by atoms with Crippen molar-refractivity contribution in [1.29, 1.82) is 0 Å². The summed E-state index contributed by atoms with van der Waals surface area (Å²) in [6.45, 7) is -1.39. The van der Waals surface area contributed by atoms with Crippen LogP contribution in [0.15, 0.2) is 53.7 Å². The van der Waals surface area contributed by atoms with E-state index in [2.05, 4.69) is 15.2 Å². The van der Waals surface area contributed by atoms with Gasteiger partial charge >= 0.3 is 6.61 Å². The van der Waals surface area contributed by atoms with Crippen LogP contribution in [-0.2, 0) is 9.63 Å². The Morgan fingerprint density at radius 1 is 1.12 bits per heavy atom. The van der Waals surface area contributed by atoms with E-state index >= 15 is 0 Å². The van der Waals surface area contributed by atoms with E-state index in [-0.39, 0.29) is 5.75 Å². The molecule has 0 aliphatic carbocycles. The number of halogens is 3. The fourth-order valence-electron chi connectivity index (χ4n) is 1.74. The zero-order chi connectivity index (χ0) is 18.2. The van der Waals surface area contributed by atoms with Gasteiger partial charge in [-0.2, -0.15) is 8.78 Å². The number of nitrogens with one attached hydrogen (secondary N) is 1. The fraction of sp³-hybridized carbons (Fsp3) is 0.176. The van der Waals surface area contributed by atoms with Crippen molar-refractivity contribution in [2.45, 2.75) is 19.6 Å². The maximum atomic E-state index is 12.8. The molecule has 132 valence electrons.